The number of hydrogen-bond acceptors (Lipinski definition) is 24. The van der Waals surface area contributed by atoms with E-state index in [0.29, 0.717) is 67.5 Å². The number of rotatable bonds is 41. The number of phosphoric acid groups is 2. The number of ether oxygens (including phenoxy) is 4. The molecule has 1 aliphatic heterocycles. The van der Waals surface area contributed by atoms with Crippen molar-refractivity contribution in [2.45, 2.75) is 247 Å². The maximum atomic E-state index is 14.4. The molecule has 41 heteroatoms. The van der Waals surface area contributed by atoms with E-state index >= 15 is 0 Å². The van der Waals surface area contributed by atoms with Crippen molar-refractivity contribution in [3.05, 3.63) is 101 Å². The van der Waals surface area contributed by atoms with Gasteiger partial charge in [-0.2, -0.15) is 4.31 Å². The van der Waals surface area contributed by atoms with Gasteiger partial charge in [-0.25, -0.2) is 33.1 Å². The number of nitrogens with two attached hydrogens (primary N) is 1. The molecule has 0 spiro atoms. The number of esters is 2. The number of cyclic esters (lactones) is 2. The minimum Gasteiger partial charge on any atom is -0.456 e. The van der Waals surface area contributed by atoms with Gasteiger partial charge in [0.25, 0.3) is 5.91 Å². The molecular weight excluding hydrogens is 1630 g/mol. The Hall–Kier alpha value is -10.2. The fourth-order valence-electron chi connectivity index (χ4n) is 12.5. The van der Waals surface area contributed by atoms with Gasteiger partial charge in [-0.05, 0) is 126 Å². The largest absolute Gasteiger partial charge is 0.481 e. The van der Waals surface area contributed by atoms with E-state index in [1.807, 2.05) is 0 Å². The van der Waals surface area contributed by atoms with Crippen LogP contribution in [0.2, 0.25) is 0 Å². The van der Waals surface area contributed by atoms with E-state index in [1.54, 1.807) is 128 Å². The average Bonchev–Trinajstić information content (AvgIpc) is 0.981. The summed E-state index contributed by atoms with van der Waals surface area (Å²) in [5, 5.41) is 31.4. The SMILES string of the molecule is C/C=C(\C)[C@H]1OC(=O)[C@@H](C)NC(=O)[C@H](C(C)CC)NC(=O)CN(C)C(=O)[C@@H](Cc2ccccc2)N(C)C(=O)[C@H](C)NC(=O)[C@@H](CC(C)C)OC(=O)/C(C)=C/C[C@H](OC(=O)NCCCCCCCOP(=O)(O)OP(=O)(O)OCCNC(=O)OCc2ccc(NC(=O)[C@@H](CCCNC(N)=O)NC(=O)[C@H](NC(=O)CCCCCn3ccnn3)C(C)C)cc2)[C@@H]1C. The maximum absolute atomic E-state index is 14.4. The van der Waals surface area contributed by atoms with Crippen LogP contribution in [0.3, 0.4) is 0 Å². The number of primary amides is 1. The monoisotopic (exact) mass is 1760 g/mol. The van der Waals surface area contributed by atoms with E-state index in [2.05, 4.69) is 62.5 Å². The van der Waals surface area contributed by atoms with Gasteiger partial charge in [0.15, 0.2) is 6.10 Å². The number of likely N-dealkylation sites (N-methyl/N-ethyl adjacent to an activating group) is 2. The Morgan fingerprint density at radius 3 is 2.01 bits per heavy atom. The van der Waals surface area contributed by atoms with Crippen molar-refractivity contribution in [2.75, 3.05) is 58.8 Å². The molecule has 1 aliphatic rings. The molecule has 0 aliphatic carbocycles. The number of aryl methyl sites for hydroxylation is 1. The standard InChI is InChI=1S/C81H127N15O24P2/c1-15-53(7)69-74(102)88-58(12)78(106)119-70(54(8)16-2)56(10)64(38-33-55(9)77(105)117-65(47-51(3)4)72(100)87-57(11)75(103)95(14)63(48-59-29-22-20-23-30-59)76(104)94(13)49-67(98)92-69)118-81(109)84-39-25-18-17-19-27-45-115-121(110,111)120-122(112,113)116-46-42-85-80(108)114-50-60-34-36-61(37-35-60)89-71(99)62(31-28-40-83-79(82)107)90-73(101)68(52(5)6)91-66(97)32-24-21-26-43-96-44-41-86-93-96/h16,20,22-23,29-30,33-37,41,44,51-53,56-58,62-65,68-70H,15,17-19,21,24-28,31-32,38-40,42-43,45-50H2,1-14H3,(H,84,109)(H,85,108)(H,87,100)(H,88,102)(H,89,99)(H,90,101)(H,91,97)(H,92,98)(H,110,111)(H,112,113)(H3,82,83,107)/b54-16+,55-33+/t53?,56-,57-,58+,62+,63+,64-,65+,68+,69-,70+/m0/s1. The summed E-state index contributed by atoms with van der Waals surface area (Å²) >= 11 is 0. The Bertz CT molecular complexity index is 4060. The molecule has 3 aromatic rings. The highest BCUT2D eigenvalue weighted by atomic mass is 31.3. The molecule has 0 saturated heterocycles. The molecule has 0 bridgehead atoms. The van der Waals surface area contributed by atoms with Crippen molar-refractivity contribution in [3.63, 3.8) is 0 Å². The first-order chi connectivity index (χ1) is 57.6. The third-order valence-electron chi connectivity index (χ3n) is 20.0. The summed E-state index contributed by atoms with van der Waals surface area (Å²) in [4.78, 5) is 199. The molecule has 122 heavy (non-hydrogen) atoms. The van der Waals surface area contributed by atoms with Crippen LogP contribution in [0.15, 0.2) is 90.3 Å². The summed E-state index contributed by atoms with van der Waals surface area (Å²) in [7, 11) is -7.63. The Morgan fingerprint density at radius 2 is 1.37 bits per heavy atom. The second kappa shape index (κ2) is 53.7. The number of urea groups is 1. The van der Waals surface area contributed by atoms with Gasteiger partial charge >= 0.3 is 45.8 Å². The Balaban J connectivity index is 1.30. The fourth-order valence-corrected chi connectivity index (χ4v) is 14.6. The van der Waals surface area contributed by atoms with E-state index in [-0.39, 0.29) is 94.6 Å². The zero-order valence-electron chi connectivity index (χ0n) is 72.4. The minimum atomic E-state index is -5.24. The number of anilines is 1. The Morgan fingerprint density at radius 1 is 0.730 bits per heavy atom. The van der Waals surface area contributed by atoms with Crippen molar-refractivity contribution >= 4 is 98.7 Å². The summed E-state index contributed by atoms with van der Waals surface area (Å²) in [6.07, 6.45) is 5.93. The van der Waals surface area contributed by atoms with E-state index in [9.17, 15) is 81.2 Å². The number of unbranched alkanes of at least 4 members (excludes halogenated alkanes) is 6. The maximum Gasteiger partial charge on any atom is 0.481 e. The summed E-state index contributed by atoms with van der Waals surface area (Å²) in [6.45, 7) is 18.5. The third kappa shape index (κ3) is 38.9. The van der Waals surface area contributed by atoms with Gasteiger partial charge in [0, 0.05) is 82.9 Å². The molecule has 12 amide bonds. The molecule has 1 aromatic heterocycles. The molecular formula is C81H127N15O24P2. The van der Waals surface area contributed by atoms with Crippen LogP contribution in [0.25, 0.3) is 0 Å². The highest BCUT2D eigenvalue weighted by molar-refractivity contribution is 7.61. The van der Waals surface area contributed by atoms with Crippen molar-refractivity contribution in [2.24, 2.45) is 29.4 Å². The lowest BCUT2D eigenvalue weighted by molar-refractivity contribution is -0.155. The number of hydrogen-bond donors (Lipinski definition) is 12. The lowest BCUT2D eigenvalue weighted by Crippen LogP contribution is -2.57. The second-order valence-electron chi connectivity index (χ2n) is 30.9. The summed E-state index contributed by atoms with van der Waals surface area (Å²) in [5.41, 5.74) is 7.19. The molecule has 13 atom stereocenters. The van der Waals surface area contributed by atoms with E-state index in [1.165, 1.54) is 58.0 Å². The smallest absolute Gasteiger partial charge is 0.456 e. The molecule has 0 saturated carbocycles. The first-order valence-corrected chi connectivity index (χ1v) is 44.2. The fraction of sp³-hybridized carbons (Fsp3) is 0.617. The highest BCUT2D eigenvalue weighted by Gasteiger charge is 2.40. The predicted octanol–water partition coefficient (Wildman–Crippen LogP) is 6.96. The molecule has 0 radical (unpaired) electrons. The van der Waals surface area contributed by atoms with E-state index in [4.69, 9.17) is 33.7 Å². The quantitative estimate of drug-likeness (QED) is 0.00897. The second-order valence-corrected chi connectivity index (χ2v) is 34.0. The first-order valence-electron chi connectivity index (χ1n) is 41.2. The molecule has 39 nitrogen and oxygen atoms in total. The van der Waals surface area contributed by atoms with Crippen molar-refractivity contribution in [1.29, 1.82) is 0 Å². The minimum absolute atomic E-state index is 0.00383. The Labute approximate surface area is 713 Å². The first kappa shape index (κ1) is 104. The van der Waals surface area contributed by atoms with Gasteiger partial charge in [-0.15, -0.1) is 5.10 Å². The predicted molar refractivity (Wildman–Crippen MR) is 448 cm³/mol. The summed E-state index contributed by atoms with van der Waals surface area (Å²) < 4.78 is 64.3. The zero-order chi connectivity index (χ0) is 90.8. The van der Waals surface area contributed by atoms with Gasteiger partial charge in [0.2, 0.25) is 41.4 Å². The van der Waals surface area contributed by atoms with E-state index in [0.717, 1.165) is 17.7 Å². The van der Waals surface area contributed by atoms with Crippen LogP contribution in [0, 0.1) is 23.7 Å². The van der Waals surface area contributed by atoms with Gasteiger partial charge < -0.3 is 92.1 Å². The normalized spacial score (nSPS) is 21.3. The summed E-state index contributed by atoms with van der Waals surface area (Å²) in [6, 6.07) is 7.18. The van der Waals surface area contributed by atoms with Crippen LogP contribution in [-0.2, 0) is 109 Å². The number of benzene rings is 2. The Kier molecular flexibility index (Phi) is 45.8. The number of alkyl carbamates (subject to hydrolysis) is 2. The molecule has 2 heterocycles. The number of nitrogens with one attached hydrogen (secondary N) is 9. The van der Waals surface area contributed by atoms with E-state index < -0.39 is 173 Å². The molecule has 0 fully saturated rings. The van der Waals surface area contributed by atoms with Crippen LogP contribution in [0.4, 0.5) is 20.1 Å². The lowest BCUT2D eigenvalue weighted by Gasteiger charge is -2.33. The zero-order valence-corrected chi connectivity index (χ0v) is 74.1. The molecule has 680 valence electrons. The van der Waals surface area contributed by atoms with Crippen LogP contribution in [0.5, 0.6) is 0 Å². The summed E-state index contributed by atoms with van der Waals surface area (Å²) in [5.74, 6) is -8.74. The highest BCUT2D eigenvalue weighted by Crippen LogP contribution is 2.60. The van der Waals surface area contributed by atoms with Crippen LogP contribution in [0.1, 0.15) is 184 Å². The lowest BCUT2D eigenvalue weighted by atomic mass is 9.90. The van der Waals surface area contributed by atoms with Crippen molar-refractivity contribution in [3.8, 4) is 0 Å². The molecule has 13 N–H and O–H groups in total. The van der Waals surface area contributed by atoms with Gasteiger partial charge in [0.05, 0.1) is 26.0 Å². The van der Waals surface area contributed by atoms with Crippen LogP contribution in [-0.4, -0.2) is 220 Å². The number of carbonyl (C=O) groups is 13. The topological polar surface area (TPSA) is 533 Å². The molecule has 2 aromatic carbocycles. The number of nitrogens with zero attached hydrogens (tertiary/aromatic N) is 5. The number of phosphoric ester groups is 2. The number of allylic oxidation sites excluding steroid dienone is 1. The number of amides is 12. The van der Waals surface area contributed by atoms with Crippen molar-refractivity contribution < 1.29 is 114 Å². The van der Waals surface area contributed by atoms with Crippen LogP contribution >= 0.6 is 15.6 Å². The molecule has 3 unspecified atom stereocenters. The average molecular weight is 1760 g/mol. The van der Waals surface area contributed by atoms with Gasteiger partial charge in [0.1, 0.15) is 55.1 Å². The number of aromatic nitrogens is 3. The van der Waals surface area contributed by atoms with Gasteiger partial charge in [-0.3, -0.25) is 52.1 Å². The number of carbonyl (C=O) groups excluding carboxylic acids is 13. The third-order valence-corrected chi connectivity index (χ3v) is 22.6. The van der Waals surface area contributed by atoms with Crippen LogP contribution < -0.4 is 53.6 Å². The molecule has 4 rings (SSSR count). The van der Waals surface area contributed by atoms with Crippen molar-refractivity contribution in [1.82, 2.24) is 67.3 Å². The van der Waals surface area contributed by atoms with Gasteiger partial charge in [-0.1, -0.05) is 140 Å².